The molecule has 1 atom stereocenters. The fourth-order valence-corrected chi connectivity index (χ4v) is 1.82. The van der Waals surface area contributed by atoms with E-state index in [0.29, 0.717) is 16.3 Å². The molecule has 1 unspecified atom stereocenters. The Bertz CT molecular complexity index is 393. The van der Waals surface area contributed by atoms with E-state index in [0.717, 1.165) is 0 Å². The third-order valence-electron chi connectivity index (χ3n) is 2.50. The Morgan fingerprint density at radius 2 is 2.06 bits per heavy atom. The monoisotopic (exact) mass is 282 g/mol. The van der Waals surface area contributed by atoms with Crippen LogP contribution >= 0.6 is 11.6 Å². The molecule has 0 saturated carbocycles. The number of halogens is 4. The Labute approximate surface area is 108 Å². The first-order valence-electron chi connectivity index (χ1n) is 5.42. The molecule has 0 aliphatic carbocycles. The summed E-state index contributed by atoms with van der Waals surface area (Å²) < 4.78 is 40.8. The van der Waals surface area contributed by atoms with Crippen LogP contribution in [0.2, 0.25) is 5.02 Å². The van der Waals surface area contributed by atoms with Crippen molar-refractivity contribution in [1.82, 2.24) is 0 Å². The van der Waals surface area contributed by atoms with Crippen LogP contribution in [0.25, 0.3) is 0 Å². The minimum atomic E-state index is -4.18. The molecule has 1 N–H and O–H groups in total. The second-order valence-corrected chi connectivity index (χ2v) is 4.32. The molecule has 0 fully saturated rings. The van der Waals surface area contributed by atoms with E-state index in [9.17, 15) is 18.3 Å². The number of alkyl halides is 3. The molecule has 1 aromatic rings. The lowest BCUT2D eigenvalue weighted by Crippen LogP contribution is -2.08. The summed E-state index contributed by atoms with van der Waals surface area (Å²) in [6, 6.07) is 4.66. The highest BCUT2D eigenvalue weighted by atomic mass is 35.5. The molecular formula is C12H14ClF3O2. The van der Waals surface area contributed by atoms with E-state index >= 15 is 0 Å². The second-order valence-electron chi connectivity index (χ2n) is 3.92. The summed E-state index contributed by atoms with van der Waals surface area (Å²) in [7, 11) is 1.46. The smallest absolute Gasteiger partial charge is 0.389 e. The van der Waals surface area contributed by atoms with Crippen LogP contribution in [0.5, 0.6) is 5.75 Å². The molecule has 0 bridgehead atoms. The van der Waals surface area contributed by atoms with Gasteiger partial charge in [0.1, 0.15) is 5.75 Å². The molecule has 0 saturated heterocycles. The molecule has 2 nitrogen and oxygen atoms in total. The number of hydrogen-bond donors (Lipinski definition) is 1. The van der Waals surface area contributed by atoms with Crippen LogP contribution in [-0.2, 0) is 0 Å². The molecule has 0 aromatic heterocycles. The highest BCUT2D eigenvalue weighted by Crippen LogP contribution is 2.30. The van der Waals surface area contributed by atoms with Crippen molar-refractivity contribution in [2.24, 2.45) is 0 Å². The lowest BCUT2D eigenvalue weighted by atomic mass is 10.0. The van der Waals surface area contributed by atoms with Crippen LogP contribution in [0.4, 0.5) is 13.2 Å². The second kappa shape index (κ2) is 6.29. The maximum atomic E-state index is 12.0. The Morgan fingerprint density at radius 1 is 1.39 bits per heavy atom. The first-order valence-corrected chi connectivity index (χ1v) is 5.79. The summed E-state index contributed by atoms with van der Waals surface area (Å²) in [5, 5.41) is 10.1. The van der Waals surface area contributed by atoms with Gasteiger partial charge >= 0.3 is 6.18 Å². The Kier molecular flexibility index (Phi) is 5.28. The molecular weight excluding hydrogens is 269 g/mol. The van der Waals surface area contributed by atoms with Crippen molar-refractivity contribution in [3.05, 3.63) is 28.8 Å². The van der Waals surface area contributed by atoms with E-state index in [4.69, 9.17) is 16.3 Å². The molecule has 0 radical (unpaired) electrons. The van der Waals surface area contributed by atoms with E-state index in [1.165, 1.54) is 13.2 Å². The van der Waals surface area contributed by atoms with Gasteiger partial charge in [-0.05, 0) is 30.5 Å². The number of aliphatic hydroxyl groups excluding tert-OH is 1. The van der Waals surface area contributed by atoms with Gasteiger partial charge in [0.2, 0.25) is 0 Å². The van der Waals surface area contributed by atoms with Crippen LogP contribution in [-0.4, -0.2) is 18.4 Å². The minimum Gasteiger partial charge on any atom is -0.495 e. The van der Waals surface area contributed by atoms with Gasteiger partial charge in [0.15, 0.2) is 0 Å². The van der Waals surface area contributed by atoms with Crippen LogP contribution < -0.4 is 4.74 Å². The molecule has 0 aliphatic heterocycles. The van der Waals surface area contributed by atoms with Gasteiger partial charge in [0, 0.05) is 6.42 Å². The number of benzene rings is 1. The quantitative estimate of drug-likeness (QED) is 0.880. The zero-order valence-electron chi connectivity index (χ0n) is 9.80. The molecule has 1 aromatic carbocycles. The van der Waals surface area contributed by atoms with Crippen molar-refractivity contribution >= 4 is 11.6 Å². The molecule has 0 spiro atoms. The van der Waals surface area contributed by atoms with Gasteiger partial charge in [0.25, 0.3) is 0 Å². The van der Waals surface area contributed by atoms with Crippen molar-refractivity contribution < 1.29 is 23.0 Å². The molecule has 18 heavy (non-hydrogen) atoms. The lowest BCUT2D eigenvalue weighted by molar-refractivity contribution is -0.136. The summed E-state index contributed by atoms with van der Waals surface area (Å²) in [5.41, 5.74) is 0.489. The number of hydrogen-bond acceptors (Lipinski definition) is 2. The maximum absolute atomic E-state index is 12.0. The average molecular weight is 283 g/mol. The third kappa shape index (κ3) is 4.74. The fourth-order valence-electron chi connectivity index (χ4n) is 1.55. The zero-order chi connectivity index (χ0) is 13.8. The Morgan fingerprint density at radius 3 is 2.56 bits per heavy atom. The van der Waals surface area contributed by atoms with Gasteiger partial charge in [-0.2, -0.15) is 13.2 Å². The zero-order valence-corrected chi connectivity index (χ0v) is 10.6. The van der Waals surface area contributed by atoms with Crippen LogP contribution in [0, 0.1) is 0 Å². The van der Waals surface area contributed by atoms with E-state index in [-0.39, 0.29) is 12.8 Å². The molecule has 0 heterocycles. The standard InChI is InChI=1S/C12H14ClF3O2/c1-18-11-5-4-8(7-9(11)13)10(17)3-2-6-12(14,15)16/h4-5,7,10,17H,2-3,6H2,1H3. The Balaban J connectivity index is 2.56. The lowest BCUT2D eigenvalue weighted by Gasteiger charge is -2.13. The largest absolute Gasteiger partial charge is 0.495 e. The molecule has 1 rings (SSSR count). The van der Waals surface area contributed by atoms with Crippen molar-refractivity contribution in [2.45, 2.75) is 31.5 Å². The third-order valence-corrected chi connectivity index (χ3v) is 2.79. The number of ether oxygens (including phenoxy) is 1. The number of rotatable bonds is 5. The minimum absolute atomic E-state index is 0.0438. The van der Waals surface area contributed by atoms with Gasteiger partial charge in [0.05, 0.1) is 18.2 Å². The Hall–Kier alpha value is -0.940. The van der Waals surface area contributed by atoms with E-state index in [1.54, 1.807) is 12.1 Å². The summed E-state index contributed by atoms with van der Waals surface area (Å²) in [6.07, 6.45) is -6.10. The van der Waals surface area contributed by atoms with Gasteiger partial charge in [-0.1, -0.05) is 17.7 Å². The number of methoxy groups -OCH3 is 1. The van der Waals surface area contributed by atoms with E-state index in [2.05, 4.69) is 0 Å². The van der Waals surface area contributed by atoms with Crippen molar-refractivity contribution in [3.8, 4) is 5.75 Å². The van der Waals surface area contributed by atoms with Gasteiger partial charge in [-0.25, -0.2) is 0 Å². The first kappa shape index (κ1) is 15.1. The first-order chi connectivity index (χ1) is 8.33. The summed E-state index contributed by atoms with van der Waals surface area (Å²) in [6.45, 7) is 0. The predicted molar refractivity (Wildman–Crippen MR) is 62.9 cm³/mol. The molecule has 6 heteroatoms. The highest BCUT2D eigenvalue weighted by molar-refractivity contribution is 6.32. The summed E-state index contributed by atoms with van der Waals surface area (Å²) in [4.78, 5) is 0. The van der Waals surface area contributed by atoms with Crippen LogP contribution in [0.15, 0.2) is 18.2 Å². The highest BCUT2D eigenvalue weighted by Gasteiger charge is 2.26. The topological polar surface area (TPSA) is 29.5 Å². The molecule has 0 aliphatic rings. The molecule has 0 amide bonds. The van der Waals surface area contributed by atoms with Crippen LogP contribution in [0.1, 0.15) is 30.9 Å². The SMILES string of the molecule is COc1ccc(C(O)CCCC(F)(F)F)cc1Cl. The van der Waals surface area contributed by atoms with Gasteiger partial charge < -0.3 is 9.84 Å². The number of aliphatic hydroxyl groups is 1. The summed E-state index contributed by atoms with van der Waals surface area (Å²) in [5.74, 6) is 0.461. The van der Waals surface area contributed by atoms with Crippen molar-refractivity contribution in [2.75, 3.05) is 7.11 Å². The summed E-state index contributed by atoms with van der Waals surface area (Å²) >= 11 is 5.86. The maximum Gasteiger partial charge on any atom is 0.389 e. The van der Waals surface area contributed by atoms with Gasteiger partial charge in [-0.3, -0.25) is 0 Å². The van der Waals surface area contributed by atoms with E-state index in [1.807, 2.05) is 0 Å². The average Bonchev–Trinajstić information content (AvgIpc) is 2.27. The molecule has 102 valence electrons. The normalized spacial score (nSPS) is 13.4. The van der Waals surface area contributed by atoms with Crippen LogP contribution in [0.3, 0.4) is 0 Å². The predicted octanol–water partition coefficient (Wildman–Crippen LogP) is 4.11. The van der Waals surface area contributed by atoms with Crippen molar-refractivity contribution in [3.63, 3.8) is 0 Å². The van der Waals surface area contributed by atoms with E-state index < -0.39 is 18.7 Å². The fraction of sp³-hybridized carbons (Fsp3) is 0.500. The van der Waals surface area contributed by atoms with Crippen molar-refractivity contribution in [1.29, 1.82) is 0 Å². The van der Waals surface area contributed by atoms with Gasteiger partial charge in [-0.15, -0.1) is 0 Å².